The van der Waals surface area contributed by atoms with Gasteiger partial charge >= 0.3 is 24.8 Å². The smallest absolute Gasteiger partial charge is 0.427 e. The van der Waals surface area contributed by atoms with Gasteiger partial charge in [0.2, 0.25) is 5.60 Å². The SMILES string of the molecule is CCOc1nn(C(F)F)cc1S(=O)(=O)N1C[C@H](C[C@H](C)C(=O)O)Oc2ccc(NC(=O)OC(C)(C)C(F)(F)F)cc21. The van der Waals surface area contributed by atoms with Crippen LogP contribution in [0, 0.1) is 5.92 Å². The lowest BCUT2D eigenvalue weighted by Gasteiger charge is -2.36. The van der Waals surface area contributed by atoms with E-state index in [1.165, 1.54) is 26.0 Å². The van der Waals surface area contributed by atoms with Crippen molar-refractivity contribution in [2.24, 2.45) is 5.92 Å². The zero-order valence-corrected chi connectivity index (χ0v) is 22.9. The first-order valence-corrected chi connectivity index (χ1v) is 13.4. The van der Waals surface area contributed by atoms with E-state index in [1.54, 1.807) is 0 Å². The highest BCUT2D eigenvalue weighted by atomic mass is 32.2. The highest BCUT2D eigenvalue weighted by molar-refractivity contribution is 7.93. The molecule has 0 aliphatic carbocycles. The lowest BCUT2D eigenvalue weighted by molar-refractivity contribution is -0.242. The van der Waals surface area contributed by atoms with Crippen molar-refractivity contribution in [2.75, 3.05) is 22.8 Å². The van der Waals surface area contributed by atoms with Crippen molar-refractivity contribution < 1.29 is 59.3 Å². The number of carbonyl (C=O) groups is 2. The van der Waals surface area contributed by atoms with Crippen LogP contribution in [0.25, 0.3) is 0 Å². The number of rotatable bonds is 10. The number of carbonyl (C=O) groups excluding carboxylic acids is 1. The summed E-state index contributed by atoms with van der Waals surface area (Å²) < 4.78 is 110. The summed E-state index contributed by atoms with van der Waals surface area (Å²) in [6, 6.07) is 3.45. The minimum atomic E-state index is -4.89. The van der Waals surface area contributed by atoms with E-state index in [1.807, 2.05) is 0 Å². The van der Waals surface area contributed by atoms with Crippen molar-refractivity contribution in [2.45, 2.75) is 63.4 Å². The molecule has 18 heteroatoms. The van der Waals surface area contributed by atoms with Gasteiger partial charge in [-0.1, -0.05) is 6.92 Å². The number of fused-ring (bicyclic) bond motifs is 1. The molecule has 228 valence electrons. The zero-order chi connectivity index (χ0) is 30.9. The number of hydrogen-bond donors (Lipinski definition) is 2. The molecule has 1 aliphatic rings. The molecule has 12 nitrogen and oxygen atoms in total. The van der Waals surface area contributed by atoms with Gasteiger partial charge in [-0.2, -0.15) is 22.0 Å². The van der Waals surface area contributed by atoms with Crippen LogP contribution >= 0.6 is 0 Å². The molecule has 1 aromatic carbocycles. The largest absolute Gasteiger partial charge is 0.486 e. The molecule has 0 radical (unpaired) electrons. The standard InChI is InChI=1S/C23H27F5N4O8S/c1-5-38-18-17(11-31(30-18)20(24)25)41(36,37)32-10-14(8-12(2)19(33)34)39-16-7-6-13(9-15(16)32)29-21(35)40-22(3,4)23(26,27)28/h6-7,9,11-12,14,20H,5,8,10H2,1-4H3,(H,29,35)(H,33,34)/t12-,14-/m0/s1. The molecule has 0 spiro atoms. The average Bonchev–Trinajstić information content (AvgIpc) is 3.28. The fourth-order valence-corrected chi connectivity index (χ4v) is 5.22. The second-order valence-electron chi connectivity index (χ2n) is 9.45. The molecule has 0 bridgehead atoms. The number of aromatic nitrogens is 2. The molecule has 0 saturated heterocycles. The van der Waals surface area contributed by atoms with Crippen LogP contribution in [-0.4, -0.2) is 66.4 Å². The molecular weight excluding hydrogens is 587 g/mol. The van der Waals surface area contributed by atoms with Crippen LogP contribution in [0.3, 0.4) is 0 Å². The van der Waals surface area contributed by atoms with Gasteiger partial charge in [-0.15, -0.1) is 5.10 Å². The van der Waals surface area contributed by atoms with Crippen molar-refractivity contribution in [3.05, 3.63) is 24.4 Å². The van der Waals surface area contributed by atoms with Gasteiger partial charge in [-0.3, -0.25) is 14.4 Å². The number of aliphatic carboxylic acids is 1. The van der Waals surface area contributed by atoms with E-state index < -0.39 is 69.8 Å². The lowest BCUT2D eigenvalue weighted by atomic mass is 10.0. The molecule has 2 aromatic rings. The Labute approximate surface area is 231 Å². The van der Waals surface area contributed by atoms with Gasteiger partial charge in [0.1, 0.15) is 11.9 Å². The molecule has 1 amide bonds. The van der Waals surface area contributed by atoms with Gasteiger partial charge < -0.3 is 19.3 Å². The summed E-state index contributed by atoms with van der Waals surface area (Å²) in [5.41, 5.74) is -3.27. The molecule has 2 N–H and O–H groups in total. The van der Waals surface area contributed by atoms with Crippen LogP contribution in [-0.2, 0) is 19.6 Å². The second kappa shape index (κ2) is 11.6. The number of benzene rings is 1. The molecule has 0 fully saturated rings. The number of carboxylic acid groups (broad SMARTS) is 1. The van der Waals surface area contributed by atoms with Crippen molar-refractivity contribution >= 4 is 33.5 Å². The summed E-state index contributed by atoms with van der Waals surface area (Å²) >= 11 is 0. The number of halogens is 5. The minimum Gasteiger partial charge on any atom is -0.486 e. The highest BCUT2D eigenvalue weighted by Gasteiger charge is 2.51. The van der Waals surface area contributed by atoms with Crippen LogP contribution in [0.15, 0.2) is 29.3 Å². The number of alkyl halides is 5. The van der Waals surface area contributed by atoms with Crippen LogP contribution in [0.1, 0.15) is 40.7 Å². The van der Waals surface area contributed by atoms with E-state index in [4.69, 9.17) is 9.47 Å². The lowest BCUT2D eigenvalue weighted by Crippen LogP contribution is -2.45. The quantitative estimate of drug-likeness (QED) is 0.365. The fraction of sp³-hybridized carbons (Fsp3) is 0.522. The summed E-state index contributed by atoms with van der Waals surface area (Å²) in [7, 11) is -4.75. The fourth-order valence-electron chi connectivity index (χ4n) is 3.66. The van der Waals surface area contributed by atoms with Crippen molar-refractivity contribution in [1.29, 1.82) is 0 Å². The number of nitrogens with zero attached hydrogens (tertiary/aromatic N) is 3. The Hall–Kier alpha value is -3.83. The third-order valence-corrected chi connectivity index (χ3v) is 7.68. The second-order valence-corrected chi connectivity index (χ2v) is 11.3. The zero-order valence-electron chi connectivity index (χ0n) is 22.1. The van der Waals surface area contributed by atoms with Crippen molar-refractivity contribution in [1.82, 2.24) is 9.78 Å². The normalized spacial score (nSPS) is 16.5. The number of sulfonamides is 1. The van der Waals surface area contributed by atoms with Gasteiger partial charge in [0.15, 0.2) is 4.90 Å². The van der Waals surface area contributed by atoms with Crippen LogP contribution in [0.2, 0.25) is 0 Å². The average molecular weight is 615 g/mol. The Kier molecular flexibility index (Phi) is 8.95. The summed E-state index contributed by atoms with van der Waals surface area (Å²) in [6.07, 6.45) is -6.98. The predicted octanol–water partition coefficient (Wildman–Crippen LogP) is 4.63. The topological polar surface area (TPSA) is 149 Å². The molecule has 1 aromatic heterocycles. The summed E-state index contributed by atoms with van der Waals surface area (Å²) in [4.78, 5) is 22.9. The number of nitrogens with one attached hydrogen (secondary N) is 1. The van der Waals surface area contributed by atoms with Gasteiger partial charge in [-0.05, 0) is 45.4 Å². The Balaban J connectivity index is 2.05. The number of carboxylic acids is 1. The minimum absolute atomic E-state index is 0.0829. The predicted molar refractivity (Wildman–Crippen MR) is 132 cm³/mol. The monoisotopic (exact) mass is 614 g/mol. The van der Waals surface area contributed by atoms with Gasteiger partial charge in [0.05, 0.1) is 31.0 Å². The first-order valence-electron chi connectivity index (χ1n) is 12.0. The van der Waals surface area contributed by atoms with E-state index in [0.29, 0.717) is 20.0 Å². The maximum absolute atomic E-state index is 13.8. The van der Waals surface area contributed by atoms with E-state index in [-0.39, 0.29) is 34.8 Å². The number of amides is 1. The molecule has 1 aliphatic heterocycles. The van der Waals surface area contributed by atoms with E-state index in [2.05, 4.69) is 15.2 Å². The molecule has 2 heterocycles. The summed E-state index contributed by atoms with van der Waals surface area (Å²) in [6.45, 7) is 0.301. The number of hydrogen-bond acceptors (Lipinski definition) is 8. The molecule has 41 heavy (non-hydrogen) atoms. The summed E-state index contributed by atoms with van der Waals surface area (Å²) in [5.74, 6) is -2.86. The summed E-state index contributed by atoms with van der Waals surface area (Å²) in [5, 5.41) is 14.9. The van der Waals surface area contributed by atoms with Crippen LogP contribution < -0.4 is 19.1 Å². The Morgan fingerprint density at radius 1 is 1.27 bits per heavy atom. The van der Waals surface area contributed by atoms with Gasteiger partial charge in [0.25, 0.3) is 15.9 Å². The van der Waals surface area contributed by atoms with Gasteiger partial charge in [-0.25, -0.2) is 17.9 Å². The molecule has 0 unspecified atom stereocenters. The molecule has 0 saturated carbocycles. The van der Waals surface area contributed by atoms with Crippen molar-refractivity contribution in [3.8, 4) is 11.6 Å². The van der Waals surface area contributed by atoms with Crippen LogP contribution in [0.4, 0.5) is 38.1 Å². The van der Waals surface area contributed by atoms with E-state index >= 15 is 0 Å². The van der Waals surface area contributed by atoms with Crippen LogP contribution in [0.5, 0.6) is 11.6 Å². The Bertz CT molecular complexity index is 1400. The molecule has 2 atom stereocenters. The third kappa shape index (κ3) is 6.91. The Morgan fingerprint density at radius 2 is 1.93 bits per heavy atom. The van der Waals surface area contributed by atoms with E-state index in [0.717, 1.165) is 10.4 Å². The van der Waals surface area contributed by atoms with Crippen molar-refractivity contribution in [3.63, 3.8) is 0 Å². The third-order valence-electron chi connectivity index (χ3n) is 5.92. The molecule has 3 rings (SSSR count). The van der Waals surface area contributed by atoms with Gasteiger partial charge in [0, 0.05) is 5.69 Å². The highest BCUT2D eigenvalue weighted by Crippen LogP contribution is 2.42. The number of ether oxygens (including phenoxy) is 3. The van der Waals surface area contributed by atoms with E-state index in [9.17, 15) is 45.1 Å². The Morgan fingerprint density at radius 3 is 2.49 bits per heavy atom. The molecular formula is C23H27F5N4O8S. The number of anilines is 2. The first kappa shape index (κ1) is 31.7. The maximum Gasteiger partial charge on any atom is 0.427 e. The maximum atomic E-state index is 13.8. The first-order chi connectivity index (χ1) is 18.9.